The Morgan fingerprint density at radius 1 is 1.10 bits per heavy atom. The largest absolute Gasteiger partial charge is 0.457 e. The first-order valence-corrected chi connectivity index (χ1v) is 25.2. The van der Waals surface area contributed by atoms with E-state index in [2.05, 4.69) is 25.4 Å². The van der Waals surface area contributed by atoms with Crippen molar-refractivity contribution in [2.45, 2.75) is 173 Å². The maximum absolute atomic E-state index is 17.0. The van der Waals surface area contributed by atoms with Crippen LogP contribution >= 0.6 is 11.3 Å². The number of alkyl halides is 1. The number of fused-ring (bicyclic) bond motifs is 5. The van der Waals surface area contributed by atoms with Gasteiger partial charge in [0.15, 0.2) is 18.7 Å². The quantitative estimate of drug-likeness (QED) is 0.102. The summed E-state index contributed by atoms with van der Waals surface area (Å²) in [7, 11) is 3.60. The predicted octanol–water partition coefficient (Wildman–Crippen LogP) is 3.65. The minimum Gasteiger partial charge on any atom is -0.457 e. The van der Waals surface area contributed by atoms with Crippen LogP contribution in [0.25, 0.3) is 10.6 Å². The minimum absolute atomic E-state index is 0.0331. The van der Waals surface area contributed by atoms with Gasteiger partial charge < -0.3 is 60.4 Å². The fourth-order valence-corrected chi connectivity index (χ4v) is 10.3. The number of carbonyl (C=O) groups excluding carboxylic acids is 5. The summed E-state index contributed by atoms with van der Waals surface area (Å²) in [5.41, 5.74) is 5.63. The fraction of sp³-hybridized carbons (Fsp3) is 0.694. The molecule has 7 N–H and O–H groups in total. The van der Waals surface area contributed by atoms with Gasteiger partial charge in [0, 0.05) is 53.6 Å². The molecule has 3 saturated heterocycles. The Bertz CT molecular complexity index is 2300. The number of carbonyl (C=O) groups is 5. The van der Waals surface area contributed by atoms with Crippen LogP contribution in [0.15, 0.2) is 33.9 Å². The van der Waals surface area contributed by atoms with Crippen LogP contribution in [-0.4, -0.2) is 159 Å². The molecule has 23 heteroatoms. The number of aliphatic hydroxyl groups excluding tert-OH is 1. The van der Waals surface area contributed by atoms with Crippen LogP contribution in [0.4, 0.5) is 10.2 Å². The van der Waals surface area contributed by atoms with E-state index in [4.69, 9.17) is 40.0 Å². The van der Waals surface area contributed by atoms with E-state index in [1.54, 1.807) is 72.4 Å². The van der Waals surface area contributed by atoms with Gasteiger partial charge in [0.05, 0.1) is 48.9 Å². The molecule has 0 spiro atoms. The molecular weight excluding hydrogens is 960 g/mol. The normalized spacial score (nSPS) is 34.7. The molecule has 0 radical (unpaired) electrons. The van der Waals surface area contributed by atoms with E-state index in [1.807, 2.05) is 11.8 Å². The van der Waals surface area contributed by atoms with Gasteiger partial charge in [-0.3, -0.25) is 24.2 Å². The average molecular weight is 1030 g/mol. The predicted molar refractivity (Wildman–Crippen MR) is 264 cm³/mol. The van der Waals surface area contributed by atoms with Gasteiger partial charge in [-0.2, -0.15) is 0 Å². The molecule has 5 heterocycles. The summed E-state index contributed by atoms with van der Waals surface area (Å²) in [6.07, 6.45) is -5.16. The Labute approximate surface area is 423 Å². The third-order valence-corrected chi connectivity index (χ3v) is 14.6. The Kier molecular flexibility index (Phi) is 19.8. The monoisotopic (exact) mass is 1030 g/mol. The van der Waals surface area contributed by atoms with Crippen molar-refractivity contribution < 1.29 is 67.1 Å². The molecule has 72 heavy (non-hydrogen) atoms. The molecule has 2 aromatic heterocycles. The van der Waals surface area contributed by atoms with Gasteiger partial charge >= 0.3 is 5.97 Å². The van der Waals surface area contributed by atoms with Crippen molar-refractivity contribution in [3.8, 4) is 10.6 Å². The smallest absolute Gasteiger partial charge is 0.351 e. The number of ether oxygens (including phenoxy) is 5. The second-order valence-electron chi connectivity index (χ2n) is 19.9. The third-order valence-electron chi connectivity index (χ3n) is 13.7. The average Bonchev–Trinajstić information content (AvgIpc) is 3.79. The molecule has 2 bridgehead atoms. The number of primary amides is 1. The first kappa shape index (κ1) is 58.2. The summed E-state index contributed by atoms with van der Waals surface area (Å²) >= 11 is 1.26. The standard InChI is InChI=1S/C49H73FN8O13S/c1-12-34-49(9,65)42-27(5)38(56-37(60)13-2)25(3)19-47(7,41(28(6)40(62)48(8,50)46(64)70-34)71-45-39(61)33(58(10)11)18-26(4)69-45)67-22-31(21-66-42)57-68-23-30-15-14-29(20-53-30)44-55-36(24-72-44)54-43(63)32(51)16-17-35(52)59/h14-15,20,24-28,32-34,39,41-42,45,61,65H,12-13,16-19,21-23,51H2,1-11H3,(H2,52,59)(H,54,63)/b56-38?,57-31+/t25-,26-,27+,28+,32+,33+,34-,39-,41-,42+,45+,47-,48+,49-/m1/s1. The number of anilines is 1. The molecule has 21 nitrogen and oxygen atoms in total. The fourth-order valence-electron chi connectivity index (χ4n) is 9.59. The van der Waals surface area contributed by atoms with Crippen molar-refractivity contribution in [3.63, 3.8) is 0 Å². The summed E-state index contributed by atoms with van der Waals surface area (Å²) in [4.78, 5) is 86.6. The van der Waals surface area contributed by atoms with E-state index < -0.39 is 113 Å². The molecule has 5 rings (SSSR count). The lowest BCUT2D eigenvalue weighted by Crippen LogP contribution is -2.61. The number of aromatic nitrogens is 2. The number of Topliss-reactive ketones (excluding diaryl/α,β-unsaturated/α-hetero) is 1. The second kappa shape index (κ2) is 24.5. The first-order chi connectivity index (χ1) is 33.7. The minimum atomic E-state index is -3.26. The number of likely N-dealkylation sites (N-methyl/N-ethyl adjacent to an activating group) is 1. The van der Waals surface area contributed by atoms with Crippen molar-refractivity contribution in [2.24, 2.45) is 39.4 Å². The van der Waals surface area contributed by atoms with Gasteiger partial charge in [0.2, 0.25) is 17.7 Å². The molecule has 14 atom stereocenters. The Balaban J connectivity index is 1.55. The molecular formula is C49H73FN8O13S. The van der Waals surface area contributed by atoms with Crippen LogP contribution in [0.1, 0.15) is 107 Å². The number of aliphatic hydroxyl groups is 2. The van der Waals surface area contributed by atoms with Crippen molar-refractivity contribution in [2.75, 3.05) is 32.6 Å². The molecule has 0 saturated carbocycles. The van der Waals surface area contributed by atoms with Crippen molar-refractivity contribution in [1.82, 2.24) is 14.9 Å². The number of pyridine rings is 1. The number of hydrogen-bond donors (Lipinski definition) is 5. The highest BCUT2D eigenvalue weighted by Crippen LogP contribution is 2.41. The molecule has 2 aromatic rings. The summed E-state index contributed by atoms with van der Waals surface area (Å²) in [5, 5.41) is 33.5. The van der Waals surface area contributed by atoms with E-state index in [9.17, 15) is 34.2 Å². The van der Waals surface area contributed by atoms with Crippen LogP contribution in [0.2, 0.25) is 0 Å². The van der Waals surface area contributed by atoms with Crippen LogP contribution in [-0.2, 0) is 59.1 Å². The third kappa shape index (κ3) is 13.9. The number of cyclic esters (lactones) is 1. The highest BCUT2D eigenvalue weighted by molar-refractivity contribution is 7.13. The van der Waals surface area contributed by atoms with Crippen LogP contribution in [0.5, 0.6) is 0 Å². The number of amides is 3. The molecule has 0 aliphatic carbocycles. The van der Waals surface area contributed by atoms with Crippen LogP contribution in [0, 0.1) is 17.8 Å². The Morgan fingerprint density at radius 2 is 1.81 bits per heavy atom. The second-order valence-corrected chi connectivity index (χ2v) is 20.8. The number of nitrogens with zero attached hydrogens (tertiary/aromatic N) is 5. The summed E-state index contributed by atoms with van der Waals surface area (Å²) < 4.78 is 49.1. The van der Waals surface area contributed by atoms with Gasteiger partial charge in [-0.15, -0.1) is 11.3 Å². The zero-order valence-electron chi connectivity index (χ0n) is 43.1. The van der Waals surface area contributed by atoms with Crippen LogP contribution in [0.3, 0.4) is 0 Å². The van der Waals surface area contributed by atoms with Gasteiger partial charge in [0.1, 0.15) is 34.3 Å². The molecule has 0 aromatic carbocycles. The van der Waals surface area contributed by atoms with Gasteiger partial charge in [-0.05, 0) is 85.5 Å². The molecule has 0 unspecified atom stereocenters. The number of nitrogens with two attached hydrogens (primary N) is 2. The highest BCUT2D eigenvalue weighted by Gasteiger charge is 2.57. The zero-order valence-corrected chi connectivity index (χ0v) is 43.9. The molecule has 3 aliphatic rings. The summed E-state index contributed by atoms with van der Waals surface area (Å²) in [6, 6.07) is 2.06. The first-order valence-electron chi connectivity index (χ1n) is 24.4. The molecule has 400 valence electrons. The SMILES string of the molecule is CCC(=O)N=C1[C@H](C)C[C@@]2(C)OC/C(=N/OCc3ccc(-c4nc(NC(=O)[C@@H](N)CCC(N)=O)cs4)cn3)CO[C@@H]([C@H]1C)[C@](C)(O)[C@@H](CC)OC(=O)[C@@](C)(F)C(=O)[C@H](C)[C@H]2O[C@@H]1O[C@H](C)C[C@H](N(C)C)[C@H]1O. The molecule has 3 aliphatic heterocycles. The number of rotatable bonds is 14. The number of esters is 1. The van der Waals surface area contributed by atoms with Crippen LogP contribution < -0.4 is 16.8 Å². The summed E-state index contributed by atoms with van der Waals surface area (Å²) in [6.45, 7) is 13.0. The number of aliphatic imine (C=N–C) groups is 1. The van der Waals surface area contributed by atoms with Crippen molar-refractivity contribution >= 4 is 58.1 Å². The van der Waals surface area contributed by atoms with Gasteiger partial charge in [0.25, 0.3) is 5.67 Å². The number of hydrogen-bond acceptors (Lipinski definition) is 19. The molecule has 3 amide bonds. The van der Waals surface area contributed by atoms with Gasteiger partial charge in [-0.1, -0.05) is 39.8 Å². The topological polar surface area (TPSA) is 299 Å². The van der Waals surface area contributed by atoms with E-state index in [0.29, 0.717) is 28.4 Å². The van der Waals surface area contributed by atoms with E-state index in [1.165, 1.54) is 25.2 Å². The summed E-state index contributed by atoms with van der Waals surface area (Å²) in [5.74, 6) is -7.03. The Morgan fingerprint density at radius 3 is 2.43 bits per heavy atom. The maximum atomic E-state index is 17.0. The molecule has 3 fully saturated rings. The van der Waals surface area contributed by atoms with Gasteiger partial charge in [-0.25, -0.2) is 19.2 Å². The number of oxime groups is 1. The van der Waals surface area contributed by atoms with E-state index in [-0.39, 0.29) is 63.5 Å². The zero-order chi connectivity index (χ0) is 53.5. The van der Waals surface area contributed by atoms with Crippen molar-refractivity contribution in [1.29, 1.82) is 0 Å². The maximum Gasteiger partial charge on any atom is 0.351 e. The lowest BCUT2D eigenvalue weighted by Gasteiger charge is -2.47. The highest BCUT2D eigenvalue weighted by atomic mass is 32.1. The van der Waals surface area contributed by atoms with Crippen molar-refractivity contribution in [3.05, 3.63) is 29.4 Å². The Hall–Kier alpha value is -4.72. The number of thiazole rings is 1. The number of ketones is 1. The number of nitrogens with one attached hydrogen (secondary N) is 1. The number of halogens is 1. The lowest BCUT2D eigenvalue weighted by molar-refractivity contribution is -0.296. The lowest BCUT2D eigenvalue weighted by atomic mass is 9.73. The van der Waals surface area contributed by atoms with E-state index >= 15 is 4.39 Å². The van der Waals surface area contributed by atoms with E-state index in [0.717, 1.165) is 6.92 Å².